The second-order valence-corrected chi connectivity index (χ2v) is 6.10. The SMILES string of the molecule is COc1sc(CN2CCN[C@@H](C)C2)cc1Br. The number of ether oxygens (including phenoxy) is 1. The van der Waals surface area contributed by atoms with E-state index in [9.17, 15) is 0 Å². The lowest BCUT2D eigenvalue weighted by atomic mass is 10.2. The van der Waals surface area contributed by atoms with Crippen LogP contribution in [0.4, 0.5) is 0 Å². The summed E-state index contributed by atoms with van der Waals surface area (Å²) in [6.45, 7) is 6.60. The number of hydrogen-bond donors (Lipinski definition) is 1. The van der Waals surface area contributed by atoms with Crippen molar-refractivity contribution in [3.8, 4) is 5.06 Å². The average molecular weight is 305 g/mol. The van der Waals surface area contributed by atoms with Crippen molar-refractivity contribution in [2.24, 2.45) is 0 Å². The fourth-order valence-electron chi connectivity index (χ4n) is 1.99. The Morgan fingerprint density at radius 3 is 3.12 bits per heavy atom. The first-order valence-corrected chi connectivity index (χ1v) is 7.08. The van der Waals surface area contributed by atoms with E-state index in [1.807, 2.05) is 0 Å². The molecule has 90 valence electrons. The number of piperazine rings is 1. The van der Waals surface area contributed by atoms with Gasteiger partial charge in [0.15, 0.2) is 5.06 Å². The van der Waals surface area contributed by atoms with Gasteiger partial charge in [0.2, 0.25) is 0 Å². The number of halogens is 1. The van der Waals surface area contributed by atoms with Crippen molar-refractivity contribution in [3.63, 3.8) is 0 Å². The van der Waals surface area contributed by atoms with E-state index in [1.165, 1.54) is 4.88 Å². The van der Waals surface area contributed by atoms with E-state index in [2.05, 4.69) is 39.1 Å². The molecule has 3 nitrogen and oxygen atoms in total. The number of methoxy groups -OCH3 is 1. The van der Waals surface area contributed by atoms with Crippen LogP contribution in [0.1, 0.15) is 11.8 Å². The Morgan fingerprint density at radius 1 is 1.69 bits per heavy atom. The van der Waals surface area contributed by atoms with Crippen LogP contribution < -0.4 is 10.1 Å². The smallest absolute Gasteiger partial charge is 0.188 e. The van der Waals surface area contributed by atoms with Crippen molar-refractivity contribution >= 4 is 27.3 Å². The molecule has 1 aliphatic heterocycles. The summed E-state index contributed by atoms with van der Waals surface area (Å²) in [7, 11) is 1.72. The van der Waals surface area contributed by atoms with Crippen molar-refractivity contribution in [1.82, 2.24) is 10.2 Å². The number of hydrogen-bond acceptors (Lipinski definition) is 4. The van der Waals surface area contributed by atoms with Crippen LogP contribution >= 0.6 is 27.3 Å². The Balaban J connectivity index is 1.97. The molecule has 0 saturated carbocycles. The molecule has 0 bridgehead atoms. The van der Waals surface area contributed by atoms with Crippen molar-refractivity contribution in [2.45, 2.75) is 19.5 Å². The number of nitrogens with one attached hydrogen (secondary N) is 1. The maximum absolute atomic E-state index is 5.28. The van der Waals surface area contributed by atoms with Gasteiger partial charge in [-0.3, -0.25) is 4.90 Å². The highest BCUT2D eigenvalue weighted by Crippen LogP contribution is 2.35. The van der Waals surface area contributed by atoms with Crippen LogP contribution in [0.2, 0.25) is 0 Å². The van der Waals surface area contributed by atoms with Gasteiger partial charge >= 0.3 is 0 Å². The molecule has 0 amide bonds. The molecule has 0 spiro atoms. The van der Waals surface area contributed by atoms with E-state index in [-0.39, 0.29) is 0 Å². The quantitative estimate of drug-likeness (QED) is 0.927. The highest BCUT2D eigenvalue weighted by atomic mass is 79.9. The lowest BCUT2D eigenvalue weighted by Crippen LogP contribution is -2.48. The fraction of sp³-hybridized carbons (Fsp3) is 0.636. The zero-order chi connectivity index (χ0) is 11.5. The van der Waals surface area contributed by atoms with Gasteiger partial charge < -0.3 is 10.1 Å². The first-order chi connectivity index (χ1) is 7.69. The molecule has 1 N–H and O–H groups in total. The minimum Gasteiger partial charge on any atom is -0.486 e. The average Bonchev–Trinajstić information content (AvgIpc) is 2.58. The van der Waals surface area contributed by atoms with Gasteiger partial charge in [0.1, 0.15) is 0 Å². The van der Waals surface area contributed by atoms with Crippen LogP contribution in [0.25, 0.3) is 0 Å². The third-order valence-electron chi connectivity index (χ3n) is 2.72. The highest BCUT2D eigenvalue weighted by molar-refractivity contribution is 9.10. The maximum atomic E-state index is 5.28. The van der Waals surface area contributed by atoms with E-state index < -0.39 is 0 Å². The molecule has 1 aromatic rings. The summed E-state index contributed by atoms with van der Waals surface area (Å²) in [5, 5.41) is 4.42. The normalized spacial score (nSPS) is 22.3. The van der Waals surface area contributed by atoms with Gasteiger partial charge in [-0.25, -0.2) is 0 Å². The number of thiophene rings is 1. The van der Waals surface area contributed by atoms with Gasteiger partial charge in [0, 0.05) is 37.1 Å². The summed E-state index contributed by atoms with van der Waals surface area (Å²) in [6, 6.07) is 2.76. The van der Waals surface area contributed by atoms with Gasteiger partial charge in [-0.05, 0) is 28.9 Å². The first-order valence-electron chi connectivity index (χ1n) is 5.47. The second kappa shape index (κ2) is 5.49. The van der Waals surface area contributed by atoms with Crippen LogP contribution in [0, 0.1) is 0 Å². The van der Waals surface area contributed by atoms with Gasteiger partial charge in [-0.15, -0.1) is 11.3 Å². The fourth-order valence-corrected chi connectivity index (χ4v) is 3.73. The molecule has 1 fully saturated rings. The van der Waals surface area contributed by atoms with Crippen molar-refractivity contribution < 1.29 is 4.74 Å². The molecular formula is C11H17BrN2OS. The molecule has 0 unspecified atom stereocenters. The molecule has 1 saturated heterocycles. The third-order valence-corrected chi connectivity index (χ3v) is 4.66. The van der Waals surface area contributed by atoms with E-state index in [0.29, 0.717) is 6.04 Å². The molecule has 0 aliphatic carbocycles. The molecule has 2 rings (SSSR count). The Labute approximate surface area is 109 Å². The minimum atomic E-state index is 0.596. The molecule has 16 heavy (non-hydrogen) atoms. The molecule has 2 heterocycles. The number of nitrogens with zero attached hydrogens (tertiary/aromatic N) is 1. The van der Waals surface area contributed by atoms with Gasteiger partial charge in [-0.2, -0.15) is 0 Å². The summed E-state index contributed by atoms with van der Waals surface area (Å²) >= 11 is 5.23. The Kier molecular flexibility index (Phi) is 4.24. The molecular weight excluding hydrogens is 288 g/mol. The summed E-state index contributed by atoms with van der Waals surface area (Å²) in [6.07, 6.45) is 0. The standard InChI is InChI=1S/C11H17BrN2OS/c1-8-6-14(4-3-13-8)7-9-5-10(12)11(15-2)16-9/h5,8,13H,3-4,6-7H2,1-2H3/t8-/m0/s1. The van der Waals surface area contributed by atoms with E-state index in [4.69, 9.17) is 4.74 Å². The van der Waals surface area contributed by atoms with Crippen LogP contribution in [0.5, 0.6) is 5.06 Å². The molecule has 5 heteroatoms. The topological polar surface area (TPSA) is 24.5 Å². The Morgan fingerprint density at radius 2 is 2.50 bits per heavy atom. The lowest BCUT2D eigenvalue weighted by molar-refractivity contribution is 0.201. The van der Waals surface area contributed by atoms with E-state index in [0.717, 1.165) is 35.7 Å². The second-order valence-electron chi connectivity index (χ2n) is 4.14. The predicted octanol–water partition coefficient (Wildman–Crippen LogP) is 2.31. The van der Waals surface area contributed by atoms with Gasteiger partial charge in [0.05, 0.1) is 11.6 Å². The van der Waals surface area contributed by atoms with E-state index in [1.54, 1.807) is 18.4 Å². The van der Waals surface area contributed by atoms with Crippen molar-refractivity contribution in [1.29, 1.82) is 0 Å². The molecule has 1 aliphatic rings. The molecule has 0 radical (unpaired) electrons. The highest BCUT2D eigenvalue weighted by Gasteiger charge is 2.17. The summed E-state index contributed by atoms with van der Waals surface area (Å²) < 4.78 is 6.34. The van der Waals surface area contributed by atoms with E-state index >= 15 is 0 Å². The van der Waals surface area contributed by atoms with Gasteiger partial charge in [-0.1, -0.05) is 0 Å². The van der Waals surface area contributed by atoms with Gasteiger partial charge in [0.25, 0.3) is 0 Å². The van der Waals surface area contributed by atoms with Crippen LogP contribution in [-0.2, 0) is 6.54 Å². The number of rotatable bonds is 3. The van der Waals surface area contributed by atoms with Crippen molar-refractivity contribution in [3.05, 3.63) is 15.4 Å². The summed E-state index contributed by atoms with van der Waals surface area (Å²) in [5.41, 5.74) is 0. The lowest BCUT2D eigenvalue weighted by Gasteiger charge is -2.31. The van der Waals surface area contributed by atoms with Crippen LogP contribution in [0.3, 0.4) is 0 Å². The predicted molar refractivity (Wildman–Crippen MR) is 71.3 cm³/mol. The summed E-state index contributed by atoms with van der Waals surface area (Å²) in [5.74, 6) is 0. The molecule has 1 atom stereocenters. The Hall–Kier alpha value is -0.100. The molecule has 0 aromatic carbocycles. The van der Waals surface area contributed by atoms with Crippen molar-refractivity contribution in [2.75, 3.05) is 26.7 Å². The first kappa shape index (κ1) is 12.4. The van der Waals surface area contributed by atoms with Crippen LogP contribution in [-0.4, -0.2) is 37.7 Å². The minimum absolute atomic E-state index is 0.596. The summed E-state index contributed by atoms with van der Waals surface area (Å²) in [4.78, 5) is 3.84. The van der Waals surface area contributed by atoms with Crippen LogP contribution in [0.15, 0.2) is 10.5 Å². The monoisotopic (exact) mass is 304 g/mol. The largest absolute Gasteiger partial charge is 0.486 e. The zero-order valence-electron chi connectivity index (χ0n) is 9.62. The maximum Gasteiger partial charge on any atom is 0.188 e. The third kappa shape index (κ3) is 2.97. The molecule has 1 aromatic heterocycles. The Bertz CT molecular complexity index is 356. The zero-order valence-corrected chi connectivity index (χ0v) is 12.0.